The summed E-state index contributed by atoms with van der Waals surface area (Å²) in [6.07, 6.45) is 4.04. The molecule has 82 valence electrons. The maximum atomic E-state index is 5.61. The molecule has 1 aromatic carbocycles. The lowest BCUT2D eigenvalue weighted by Gasteiger charge is -2.07. The van der Waals surface area contributed by atoms with Crippen molar-refractivity contribution < 1.29 is 0 Å². The van der Waals surface area contributed by atoms with E-state index in [-0.39, 0.29) is 0 Å². The normalized spacial score (nSPS) is 13.7. The zero-order chi connectivity index (χ0) is 11.4. The van der Waals surface area contributed by atoms with Crippen LogP contribution in [0.1, 0.15) is 32.3 Å². The fourth-order valence-corrected chi connectivity index (χ4v) is 1.54. The molecule has 0 spiro atoms. The molecule has 2 nitrogen and oxygen atoms in total. The van der Waals surface area contributed by atoms with Crippen molar-refractivity contribution in [3.63, 3.8) is 0 Å². The molecular formula is C13H20N2. The number of hydrogen-bond donors (Lipinski definition) is 1. The van der Waals surface area contributed by atoms with Crippen LogP contribution in [-0.4, -0.2) is 12.1 Å². The van der Waals surface area contributed by atoms with Crippen LogP contribution < -0.4 is 16.3 Å². The summed E-state index contributed by atoms with van der Waals surface area (Å²) in [5.74, 6) is 6.17. The van der Waals surface area contributed by atoms with Crippen molar-refractivity contribution >= 4 is 12.3 Å². The highest BCUT2D eigenvalue weighted by Crippen LogP contribution is 2.09. The van der Waals surface area contributed by atoms with Crippen LogP contribution in [0.5, 0.6) is 0 Å². The lowest BCUT2D eigenvalue weighted by molar-refractivity contribution is 0.530. The van der Waals surface area contributed by atoms with Gasteiger partial charge in [-0.25, -0.2) is 5.84 Å². The van der Waals surface area contributed by atoms with Crippen LogP contribution in [0.15, 0.2) is 18.2 Å². The molecule has 2 N–H and O–H groups in total. The van der Waals surface area contributed by atoms with Gasteiger partial charge in [-0.2, -0.15) is 0 Å². The van der Waals surface area contributed by atoms with E-state index in [0.717, 1.165) is 5.22 Å². The Morgan fingerprint density at radius 2 is 1.93 bits per heavy atom. The van der Waals surface area contributed by atoms with Crippen LogP contribution in [-0.2, 0) is 0 Å². The number of hydrogen-bond acceptors (Lipinski definition) is 2. The van der Waals surface area contributed by atoms with Crippen molar-refractivity contribution in [1.29, 1.82) is 0 Å². The van der Waals surface area contributed by atoms with E-state index in [1.165, 1.54) is 10.8 Å². The second-order valence-electron chi connectivity index (χ2n) is 4.13. The molecule has 0 saturated heterocycles. The summed E-state index contributed by atoms with van der Waals surface area (Å²) < 4.78 is 0. The van der Waals surface area contributed by atoms with E-state index in [1.54, 1.807) is 5.01 Å². The summed E-state index contributed by atoms with van der Waals surface area (Å²) in [5.41, 5.74) is 1.36. The molecule has 1 aromatic rings. The van der Waals surface area contributed by atoms with E-state index in [2.05, 4.69) is 38.1 Å². The Hall–Kier alpha value is -1.28. The Bertz CT molecular complexity index is 430. The largest absolute Gasteiger partial charge is 0.321 e. The zero-order valence-electron chi connectivity index (χ0n) is 9.99. The molecule has 1 rings (SSSR count). The molecule has 0 aliphatic heterocycles. The predicted octanol–water partition coefficient (Wildman–Crippen LogP) is 1.15. The first-order valence-electron chi connectivity index (χ1n) is 5.30. The van der Waals surface area contributed by atoms with Gasteiger partial charge in [0.1, 0.15) is 0 Å². The average molecular weight is 204 g/mol. The van der Waals surface area contributed by atoms with Crippen LogP contribution in [0.2, 0.25) is 0 Å². The highest BCUT2D eigenvalue weighted by molar-refractivity contribution is 5.33. The smallest absolute Gasteiger partial charge is 0.0230 e. The van der Waals surface area contributed by atoms with Gasteiger partial charge in [-0.3, -0.25) is 0 Å². The lowest BCUT2D eigenvalue weighted by atomic mass is 10.0. The van der Waals surface area contributed by atoms with Crippen molar-refractivity contribution in [2.75, 3.05) is 7.05 Å². The Morgan fingerprint density at radius 1 is 1.27 bits per heavy atom. The minimum Gasteiger partial charge on any atom is -0.321 e. The van der Waals surface area contributed by atoms with Crippen molar-refractivity contribution in [3.8, 4) is 0 Å². The van der Waals surface area contributed by atoms with E-state index in [1.807, 2.05) is 20.2 Å². The molecule has 0 aromatic heterocycles. The van der Waals surface area contributed by atoms with E-state index in [0.29, 0.717) is 5.92 Å². The Labute approximate surface area is 91.7 Å². The van der Waals surface area contributed by atoms with Gasteiger partial charge in [0, 0.05) is 13.2 Å². The van der Waals surface area contributed by atoms with Crippen molar-refractivity contribution in [2.24, 2.45) is 5.84 Å². The zero-order valence-corrected chi connectivity index (χ0v) is 9.99. The molecule has 0 saturated carbocycles. The minimum absolute atomic E-state index is 0.563. The molecule has 2 heteroatoms. The Morgan fingerprint density at radius 3 is 2.40 bits per heavy atom. The summed E-state index contributed by atoms with van der Waals surface area (Å²) in [7, 11) is 1.83. The first-order valence-corrected chi connectivity index (χ1v) is 5.30. The van der Waals surface area contributed by atoms with Crippen molar-refractivity contribution in [2.45, 2.75) is 26.7 Å². The summed E-state index contributed by atoms with van der Waals surface area (Å²) >= 11 is 0. The van der Waals surface area contributed by atoms with Crippen molar-refractivity contribution in [1.82, 2.24) is 5.01 Å². The Balaban J connectivity index is 3.35. The standard InChI is InChI=1S/C13H20N2/c1-5-11-8-12(10(2)3)6-7-13(11)9-15(4)14/h5-10H,14H2,1-4H3/b11-5-,13-9-. The number of nitrogens with two attached hydrogens (primary N) is 1. The SMILES string of the molecule is C/C=c1/cc(C(C)C)cc/c1=C/N(C)N. The van der Waals surface area contributed by atoms with E-state index in [9.17, 15) is 0 Å². The molecule has 0 aliphatic rings. The van der Waals surface area contributed by atoms with Gasteiger partial charge in [0.25, 0.3) is 0 Å². The third-order valence-electron chi connectivity index (χ3n) is 2.43. The van der Waals surface area contributed by atoms with Gasteiger partial charge in [0.2, 0.25) is 0 Å². The summed E-state index contributed by atoms with van der Waals surface area (Å²) in [6.45, 7) is 6.45. The van der Waals surface area contributed by atoms with Gasteiger partial charge in [0.15, 0.2) is 0 Å². The molecule has 0 aliphatic carbocycles. The number of benzene rings is 1. The molecule has 0 fully saturated rings. The minimum atomic E-state index is 0.563. The first kappa shape index (κ1) is 11.8. The molecule has 0 amide bonds. The maximum absolute atomic E-state index is 5.61. The molecule has 0 heterocycles. The molecule has 0 atom stereocenters. The van der Waals surface area contributed by atoms with Gasteiger partial charge in [-0.15, -0.1) is 0 Å². The second-order valence-corrected chi connectivity index (χ2v) is 4.13. The van der Waals surface area contributed by atoms with Crippen LogP contribution in [0, 0.1) is 0 Å². The lowest BCUT2D eigenvalue weighted by Crippen LogP contribution is -2.30. The molecule has 15 heavy (non-hydrogen) atoms. The number of hydrazine groups is 1. The maximum Gasteiger partial charge on any atom is 0.0230 e. The third-order valence-corrected chi connectivity index (χ3v) is 2.43. The van der Waals surface area contributed by atoms with E-state index in [4.69, 9.17) is 5.84 Å². The number of nitrogens with zero attached hydrogens (tertiary/aromatic N) is 1. The molecular weight excluding hydrogens is 184 g/mol. The molecule has 0 unspecified atom stereocenters. The molecule has 0 bridgehead atoms. The highest BCUT2D eigenvalue weighted by atomic mass is 15.4. The van der Waals surface area contributed by atoms with Crippen LogP contribution in [0.4, 0.5) is 0 Å². The second kappa shape index (κ2) is 4.99. The summed E-state index contributed by atoms with van der Waals surface area (Å²) in [4.78, 5) is 0. The highest BCUT2D eigenvalue weighted by Gasteiger charge is 1.97. The first-order chi connectivity index (χ1) is 7.04. The Kier molecular flexibility index (Phi) is 3.92. The van der Waals surface area contributed by atoms with Gasteiger partial charge >= 0.3 is 0 Å². The van der Waals surface area contributed by atoms with E-state index >= 15 is 0 Å². The van der Waals surface area contributed by atoms with Crippen LogP contribution in [0.3, 0.4) is 0 Å². The quantitative estimate of drug-likeness (QED) is 0.578. The van der Waals surface area contributed by atoms with Gasteiger partial charge in [0.05, 0.1) is 0 Å². The fourth-order valence-electron chi connectivity index (χ4n) is 1.54. The van der Waals surface area contributed by atoms with Crippen molar-refractivity contribution in [3.05, 3.63) is 34.2 Å². The summed E-state index contributed by atoms with van der Waals surface area (Å²) in [6, 6.07) is 6.50. The monoisotopic (exact) mass is 204 g/mol. The van der Waals surface area contributed by atoms with Crippen LogP contribution >= 0.6 is 0 Å². The third kappa shape index (κ3) is 3.10. The van der Waals surface area contributed by atoms with Gasteiger partial charge < -0.3 is 5.01 Å². The average Bonchev–Trinajstić information content (AvgIpc) is 2.17. The number of rotatable bonds is 2. The predicted molar refractivity (Wildman–Crippen MR) is 66.3 cm³/mol. The van der Waals surface area contributed by atoms with Gasteiger partial charge in [-0.1, -0.05) is 38.1 Å². The van der Waals surface area contributed by atoms with Crippen LogP contribution in [0.25, 0.3) is 12.3 Å². The topological polar surface area (TPSA) is 29.3 Å². The molecule has 0 radical (unpaired) electrons. The van der Waals surface area contributed by atoms with Gasteiger partial charge in [-0.05, 0) is 28.8 Å². The summed E-state index contributed by atoms with van der Waals surface area (Å²) in [5, 5.41) is 3.97. The fraction of sp³-hybridized carbons (Fsp3) is 0.385. The van der Waals surface area contributed by atoms with E-state index < -0.39 is 0 Å².